The Bertz CT molecular complexity index is 1140. The molecule has 0 radical (unpaired) electrons. The van der Waals surface area contributed by atoms with Gasteiger partial charge in [-0.1, -0.05) is 0 Å². The van der Waals surface area contributed by atoms with Crippen molar-refractivity contribution in [3.05, 3.63) is 32.5 Å². The van der Waals surface area contributed by atoms with Crippen LogP contribution in [0.25, 0.3) is 20.4 Å². The third-order valence-electron chi connectivity index (χ3n) is 5.48. The first-order valence-electron chi connectivity index (χ1n) is 9.43. The zero-order valence-electron chi connectivity index (χ0n) is 15.3. The van der Waals surface area contributed by atoms with Crippen molar-refractivity contribution in [2.45, 2.75) is 62.4 Å². The summed E-state index contributed by atoms with van der Waals surface area (Å²) in [5.41, 5.74) is 2.96. The second kappa shape index (κ2) is 5.96. The molecule has 2 aliphatic rings. The maximum absolute atomic E-state index is 4.86. The van der Waals surface area contributed by atoms with Crippen LogP contribution in [0.2, 0.25) is 0 Å². The van der Waals surface area contributed by atoms with Crippen LogP contribution in [-0.2, 0) is 25.7 Å². The second-order valence-corrected chi connectivity index (χ2v) is 10.5. The summed E-state index contributed by atoms with van der Waals surface area (Å²) in [4.78, 5) is 24.5. The summed E-state index contributed by atoms with van der Waals surface area (Å²) in [5, 5.41) is 4.71. The molecule has 2 aliphatic carbocycles. The average Bonchev–Trinajstić information content (AvgIpc) is 3.32. The number of rotatable bonds is 2. The van der Waals surface area contributed by atoms with Gasteiger partial charge in [0.25, 0.3) is 0 Å². The number of aryl methyl sites for hydroxylation is 6. The van der Waals surface area contributed by atoms with E-state index >= 15 is 0 Å². The van der Waals surface area contributed by atoms with Gasteiger partial charge in [0.05, 0.1) is 0 Å². The molecule has 0 bridgehead atoms. The lowest BCUT2D eigenvalue weighted by Gasteiger charge is -2.08. The van der Waals surface area contributed by atoms with Gasteiger partial charge in [-0.25, -0.2) is 19.9 Å². The molecule has 0 aromatic carbocycles. The van der Waals surface area contributed by atoms with Crippen LogP contribution >= 0.6 is 34.4 Å². The Labute approximate surface area is 169 Å². The van der Waals surface area contributed by atoms with Gasteiger partial charge in [-0.2, -0.15) is 0 Å². The van der Waals surface area contributed by atoms with Gasteiger partial charge in [-0.05, 0) is 75.3 Å². The number of nitrogens with zero attached hydrogens (tertiary/aromatic N) is 4. The SMILES string of the molecule is Cc1nc(Sc2nc(C)nc3sc4c(c23)CCC4)c2c3c(sc2n1)CCC3. The Kier molecular flexibility index (Phi) is 3.62. The van der Waals surface area contributed by atoms with Crippen molar-refractivity contribution >= 4 is 54.9 Å². The molecule has 0 unspecified atom stereocenters. The lowest BCUT2D eigenvalue weighted by Crippen LogP contribution is -1.95. The molecule has 136 valence electrons. The average molecular weight is 411 g/mol. The van der Waals surface area contributed by atoms with Crippen molar-refractivity contribution in [1.82, 2.24) is 19.9 Å². The highest BCUT2D eigenvalue weighted by atomic mass is 32.2. The predicted octanol–water partition coefficient (Wildman–Crippen LogP) is 5.44. The van der Waals surface area contributed by atoms with Crippen molar-refractivity contribution in [3.8, 4) is 0 Å². The van der Waals surface area contributed by atoms with E-state index < -0.39 is 0 Å². The van der Waals surface area contributed by atoms with Crippen LogP contribution in [0, 0.1) is 13.8 Å². The summed E-state index contributed by atoms with van der Waals surface area (Å²) >= 11 is 5.44. The monoisotopic (exact) mass is 410 g/mol. The molecule has 0 spiro atoms. The maximum atomic E-state index is 4.86. The van der Waals surface area contributed by atoms with Crippen LogP contribution in [0.1, 0.15) is 45.4 Å². The van der Waals surface area contributed by atoms with Gasteiger partial charge in [0.15, 0.2) is 0 Å². The molecule has 0 saturated heterocycles. The molecule has 4 heterocycles. The summed E-state index contributed by atoms with van der Waals surface area (Å²) in [6.45, 7) is 3.99. The van der Waals surface area contributed by atoms with E-state index in [4.69, 9.17) is 19.9 Å². The van der Waals surface area contributed by atoms with Crippen LogP contribution < -0.4 is 0 Å². The van der Waals surface area contributed by atoms with E-state index in [1.54, 1.807) is 11.8 Å². The van der Waals surface area contributed by atoms with Gasteiger partial charge in [0, 0.05) is 20.5 Å². The smallest absolute Gasteiger partial charge is 0.128 e. The fourth-order valence-electron chi connectivity index (χ4n) is 4.37. The first-order chi connectivity index (χ1) is 13.2. The quantitative estimate of drug-likeness (QED) is 0.412. The van der Waals surface area contributed by atoms with Crippen molar-refractivity contribution in [3.63, 3.8) is 0 Å². The lowest BCUT2D eigenvalue weighted by molar-refractivity contribution is 0.912. The standard InChI is InChI=1S/C20H18N4S3/c1-9-21-17-15(11-5-3-7-13(11)25-17)19(23-9)27-20-16-12-6-4-8-14(12)26-18(16)22-10(2)24-20/h3-8H2,1-2H3. The van der Waals surface area contributed by atoms with E-state index in [2.05, 4.69) is 0 Å². The van der Waals surface area contributed by atoms with Crippen LogP contribution in [0.4, 0.5) is 0 Å². The molecule has 4 aromatic rings. The van der Waals surface area contributed by atoms with Crippen LogP contribution in [0.3, 0.4) is 0 Å². The fraction of sp³-hybridized carbons (Fsp3) is 0.400. The van der Waals surface area contributed by atoms with Crippen molar-refractivity contribution in [2.75, 3.05) is 0 Å². The number of thiophene rings is 2. The Hall–Kier alpha value is -1.57. The predicted molar refractivity (Wildman–Crippen MR) is 112 cm³/mol. The summed E-state index contributed by atoms with van der Waals surface area (Å²) in [5.74, 6) is 1.70. The first kappa shape index (κ1) is 16.4. The highest BCUT2D eigenvalue weighted by molar-refractivity contribution is 7.99. The first-order valence-corrected chi connectivity index (χ1v) is 11.9. The molecule has 0 amide bonds. The number of hydrogen-bond donors (Lipinski definition) is 0. The van der Waals surface area contributed by atoms with Gasteiger partial charge >= 0.3 is 0 Å². The summed E-state index contributed by atoms with van der Waals surface area (Å²) < 4.78 is 0. The van der Waals surface area contributed by atoms with Crippen molar-refractivity contribution in [2.24, 2.45) is 0 Å². The molecule has 0 fully saturated rings. The lowest BCUT2D eigenvalue weighted by atomic mass is 10.2. The van der Waals surface area contributed by atoms with Crippen LogP contribution in [0.5, 0.6) is 0 Å². The third kappa shape index (κ3) is 2.48. The normalized spacial score (nSPS) is 15.8. The fourth-order valence-corrected chi connectivity index (χ4v) is 8.29. The zero-order valence-corrected chi connectivity index (χ0v) is 17.7. The van der Waals surface area contributed by atoms with Gasteiger partial charge in [-0.15, -0.1) is 22.7 Å². The van der Waals surface area contributed by atoms with E-state index in [0.29, 0.717) is 0 Å². The Balaban J connectivity index is 1.58. The van der Waals surface area contributed by atoms with E-state index in [1.165, 1.54) is 57.3 Å². The minimum atomic E-state index is 0.850. The van der Waals surface area contributed by atoms with E-state index in [-0.39, 0.29) is 0 Å². The van der Waals surface area contributed by atoms with Gasteiger partial charge in [0.1, 0.15) is 31.4 Å². The minimum Gasteiger partial charge on any atom is -0.226 e. The van der Waals surface area contributed by atoms with Gasteiger partial charge in [0.2, 0.25) is 0 Å². The summed E-state index contributed by atoms with van der Waals surface area (Å²) in [6.07, 6.45) is 7.19. The molecule has 0 aliphatic heterocycles. The van der Waals surface area contributed by atoms with E-state index in [1.807, 2.05) is 36.5 Å². The molecule has 6 rings (SSSR count). The Morgan fingerprint density at radius 2 is 1.15 bits per heavy atom. The number of aromatic nitrogens is 4. The Morgan fingerprint density at radius 1 is 0.667 bits per heavy atom. The molecule has 0 atom stereocenters. The van der Waals surface area contributed by atoms with E-state index in [0.717, 1.165) is 44.2 Å². The number of hydrogen-bond acceptors (Lipinski definition) is 7. The van der Waals surface area contributed by atoms with Crippen molar-refractivity contribution < 1.29 is 0 Å². The molecule has 0 saturated carbocycles. The maximum Gasteiger partial charge on any atom is 0.128 e. The number of fused-ring (bicyclic) bond motifs is 6. The largest absolute Gasteiger partial charge is 0.226 e. The highest BCUT2D eigenvalue weighted by Crippen LogP contribution is 2.45. The van der Waals surface area contributed by atoms with Gasteiger partial charge < -0.3 is 0 Å². The highest BCUT2D eigenvalue weighted by Gasteiger charge is 2.25. The van der Waals surface area contributed by atoms with Crippen LogP contribution in [-0.4, -0.2) is 19.9 Å². The molecule has 0 N–H and O–H groups in total. The molecular formula is C20H18N4S3. The second-order valence-electron chi connectivity index (χ2n) is 7.33. The zero-order chi connectivity index (χ0) is 18.1. The molecule has 7 heteroatoms. The molecular weight excluding hydrogens is 392 g/mol. The van der Waals surface area contributed by atoms with Gasteiger partial charge in [-0.3, -0.25) is 0 Å². The molecule has 27 heavy (non-hydrogen) atoms. The van der Waals surface area contributed by atoms with Crippen LogP contribution in [0.15, 0.2) is 10.1 Å². The Morgan fingerprint density at radius 3 is 1.63 bits per heavy atom. The molecule has 4 aromatic heterocycles. The van der Waals surface area contributed by atoms with E-state index in [9.17, 15) is 0 Å². The topological polar surface area (TPSA) is 51.6 Å². The molecule has 4 nitrogen and oxygen atoms in total. The summed E-state index contributed by atoms with van der Waals surface area (Å²) in [7, 11) is 0. The minimum absolute atomic E-state index is 0.850. The summed E-state index contributed by atoms with van der Waals surface area (Å²) in [6, 6.07) is 0. The third-order valence-corrected chi connectivity index (χ3v) is 8.83. The van der Waals surface area contributed by atoms with Crippen molar-refractivity contribution in [1.29, 1.82) is 0 Å².